The molecule has 1 aromatic carbocycles. The van der Waals surface area contributed by atoms with Crippen molar-refractivity contribution in [1.29, 1.82) is 0 Å². The molecule has 2 rings (SSSR count). The third-order valence-electron chi connectivity index (χ3n) is 2.94. The number of hydrogen-bond donors (Lipinski definition) is 1. The van der Waals surface area contributed by atoms with Gasteiger partial charge in [0.25, 0.3) is 0 Å². The summed E-state index contributed by atoms with van der Waals surface area (Å²) in [5, 5.41) is 3.09. The number of ether oxygens (including phenoxy) is 1. The summed E-state index contributed by atoms with van der Waals surface area (Å²) < 4.78 is 5.69. The number of aromatic nitrogens is 2. The van der Waals surface area contributed by atoms with Gasteiger partial charge in [0.2, 0.25) is 0 Å². The fourth-order valence-corrected chi connectivity index (χ4v) is 1.82. The zero-order chi connectivity index (χ0) is 13.7. The largest absolute Gasteiger partial charge is 0.424 e. The highest BCUT2D eigenvalue weighted by atomic mass is 16.5. The van der Waals surface area contributed by atoms with E-state index in [9.17, 15) is 0 Å². The monoisotopic (exact) mass is 257 g/mol. The van der Waals surface area contributed by atoms with E-state index < -0.39 is 0 Å². The van der Waals surface area contributed by atoms with Gasteiger partial charge in [0.05, 0.1) is 0 Å². The first-order chi connectivity index (χ1) is 9.22. The molecule has 0 bridgehead atoms. The van der Waals surface area contributed by atoms with E-state index in [1.165, 1.54) is 5.56 Å². The van der Waals surface area contributed by atoms with Crippen molar-refractivity contribution in [1.82, 2.24) is 15.3 Å². The van der Waals surface area contributed by atoms with Crippen LogP contribution in [-0.2, 0) is 13.0 Å². The fourth-order valence-electron chi connectivity index (χ4n) is 1.82. The van der Waals surface area contributed by atoms with Crippen LogP contribution in [0.25, 0.3) is 0 Å². The SMILES string of the molecule is CCc1cccc(Oc2ncc(CNC)c(C)n2)c1. The zero-order valence-electron chi connectivity index (χ0n) is 11.6. The van der Waals surface area contributed by atoms with E-state index in [2.05, 4.69) is 28.3 Å². The van der Waals surface area contributed by atoms with Gasteiger partial charge in [-0.1, -0.05) is 19.1 Å². The highest BCUT2D eigenvalue weighted by Gasteiger charge is 2.05. The minimum absolute atomic E-state index is 0.394. The molecule has 0 saturated heterocycles. The Hall–Kier alpha value is -1.94. The van der Waals surface area contributed by atoms with Gasteiger partial charge < -0.3 is 10.1 Å². The minimum Gasteiger partial charge on any atom is -0.424 e. The normalized spacial score (nSPS) is 10.5. The van der Waals surface area contributed by atoms with Crippen LogP contribution in [0.3, 0.4) is 0 Å². The van der Waals surface area contributed by atoms with Gasteiger partial charge in [0.15, 0.2) is 0 Å². The number of nitrogens with zero attached hydrogens (tertiary/aromatic N) is 2. The van der Waals surface area contributed by atoms with Crippen LogP contribution in [0.4, 0.5) is 0 Å². The molecule has 0 radical (unpaired) electrons. The second kappa shape index (κ2) is 6.29. The standard InChI is InChI=1S/C15H19N3O/c1-4-12-6-5-7-14(8-12)19-15-17-10-13(9-16-3)11(2)18-15/h5-8,10,16H,4,9H2,1-3H3. The highest BCUT2D eigenvalue weighted by molar-refractivity contribution is 5.30. The Balaban J connectivity index is 2.16. The Morgan fingerprint density at radius 2 is 2.16 bits per heavy atom. The molecule has 4 nitrogen and oxygen atoms in total. The van der Waals surface area contributed by atoms with Crippen molar-refractivity contribution in [2.24, 2.45) is 0 Å². The second-order valence-electron chi connectivity index (χ2n) is 4.40. The first kappa shape index (κ1) is 13.5. The zero-order valence-corrected chi connectivity index (χ0v) is 11.6. The van der Waals surface area contributed by atoms with E-state index in [0.29, 0.717) is 6.01 Å². The molecule has 0 spiro atoms. The molecule has 1 heterocycles. The Morgan fingerprint density at radius 1 is 1.32 bits per heavy atom. The second-order valence-corrected chi connectivity index (χ2v) is 4.40. The van der Waals surface area contributed by atoms with Crippen LogP contribution in [0.5, 0.6) is 11.8 Å². The van der Waals surface area contributed by atoms with Crippen LogP contribution in [0.2, 0.25) is 0 Å². The predicted octanol–water partition coefficient (Wildman–Crippen LogP) is 2.86. The Labute approximate surface area is 113 Å². The molecule has 0 unspecified atom stereocenters. The molecule has 0 aliphatic carbocycles. The van der Waals surface area contributed by atoms with Crippen molar-refractivity contribution in [3.8, 4) is 11.8 Å². The topological polar surface area (TPSA) is 47.0 Å². The Kier molecular flexibility index (Phi) is 4.47. The van der Waals surface area contributed by atoms with Crippen molar-refractivity contribution in [2.45, 2.75) is 26.8 Å². The molecule has 100 valence electrons. The molecule has 0 atom stereocenters. The van der Waals surface area contributed by atoms with Crippen LogP contribution in [0.15, 0.2) is 30.5 Å². The predicted molar refractivity (Wildman–Crippen MR) is 75.4 cm³/mol. The molecule has 2 aromatic rings. The van der Waals surface area contributed by atoms with E-state index >= 15 is 0 Å². The fraction of sp³-hybridized carbons (Fsp3) is 0.333. The van der Waals surface area contributed by atoms with Crippen LogP contribution >= 0.6 is 0 Å². The molecule has 0 saturated carbocycles. The molecule has 0 amide bonds. The summed E-state index contributed by atoms with van der Waals surface area (Å²) in [5.74, 6) is 0.778. The van der Waals surface area contributed by atoms with Crippen LogP contribution in [-0.4, -0.2) is 17.0 Å². The molecule has 1 aromatic heterocycles. The molecular formula is C15H19N3O. The Bertz CT molecular complexity index is 555. The summed E-state index contributed by atoms with van der Waals surface area (Å²) in [4.78, 5) is 8.60. The lowest BCUT2D eigenvalue weighted by Crippen LogP contribution is -2.08. The first-order valence-electron chi connectivity index (χ1n) is 6.47. The van der Waals surface area contributed by atoms with Crippen molar-refractivity contribution in [2.75, 3.05) is 7.05 Å². The van der Waals surface area contributed by atoms with Crippen molar-refractivity contribution in [3.05, 3.63) is 47.3 Å². The van der Waals surface area contributed by atoms with Crippen LogP contribution in [0, 0.1) is 6.92 Å². The molecule has 0 aliphatic heterocycles. The molecule has 1 N–H and O–H groups in total. The summed E-state index contributed by atoms with van der Waals surface area (Å²) >= 11 is 0. The van der Waals surface area contributed by atoms with Gasteiger partial charge in [-0.25, -0.2) is 4.98 Å². The van der Waals surface area contributed by atoms with Crippen molar-refractivity contribution >= 4 is 0 Å². The highest BCUT2D eigenvalue weighted by Crippen LogP contribution is 2.20. The van der Waals surface area contributed by atoms with Crippen LogP contribution in [0.1, 0.15) is 23.7 Å². The van der Waals surface area contributed by atoms with Gasteiger partial charge in [0.1, 0.15) is 5.75 Å². The number of rotatable bonds is 5. The van der Waals surface area contributed by atoms with Gasteiger partial charge in [-0.05, 0) is 38.1 Å². The van der Waals surface area contributed by atoms with Crippen molar-refractivity contribution < 1.29 is 4.74 Å². The summed E-state index contributed by atoms with van der Waals surface area (Å²) in [5.41, 5.74) is 3.25. The molecular weight excluding hydrogens is 238 g/mol. The van der Waals surface area contributed by atoms with E-state index in [4.69, 9.17) is 4.74 Å². The lowest BCUT2D eigenvalue weighted by atomic mass is 10.2. The smallest absolute Gasteiger partial charge is 0.322 e. The third-order valence-corrected chi connectivity index (χ3v) is 2.94. The number of nitrogens with one attached hydrogen (secondary N) is 1. The summed E-state index contributed by atoms with van der Waals surface area (Å²) in [6.07, 6.45) is 2.79. The van der Waals surface area contributed by atoms with Gasteiger partial charge in [0, 0.05) is 24.0 Å². The first-order valence-corrected chi connectivity index (χ1v) is 6.47. The average molecular weight is 257 g/mol. The van der Waals surface area contributed by atoms with E-state index in [-0.39, 0.29) is 0 Å². The van der Waals surface area contributed by atoms with E-state index in [1.54, 1.807) is 6.20 Å². The lowest BCUT2D eigenvalue weighted by Gasteiger charge is -2.08. The summed E-state index contributed by atoms with van der Waals surface area (Å²) in [6.45, 7) is 4.84. The summed E-state index contributed by atoms with van der Waals surface area (Å²) in [7, 11) is 1.90. The molecule has 0 aliphatic rings. The number of benzene rings is 1. The van der Waals surface area contributed by atoms with Gasteiger partial charge >= 0.3 is 6.01 Å². The molecule has 19 heavy (non-hydrogen) atoms. The van der Waals surface area contributed by atoms with E-state index in [0.717, 1.165) is 30.0 Å². The van der Waals surface area contributed by atoms with Gasteiger partial charge in [-0.3, -0.25) is 0 Å². The molecule has 4 heteroatoms. The lowest BCUT2D eigenvalue weighted by molar-refractivity contribution is 0.438. The van der Waals surface area contributed by atoms with Crippen molar-refractivity contribution in [3.63, 3.8) is 0 Å². The third kappa shape index (κ3) is 3.51. The molecule has 0 fully saturated rings. The van der Waals surface area contributed by atoms with E-state index in [1.807, 2.05) is 32.2 Å². The quantitative estimate of drug-likeness (QED) is 0.894. The number of hydrogen-bond acceptors (Lipinski definition) is 4. The Morgan fingerprint density at radius 3 is 2.84 bits per heavy atom. The van der Waals surface area contributed by atoms with Gasteiger partial charge in [-0.15, -0.1) is 0 Å². The van der Waals surface area contributed by atoms with Crippen LogP contribution < -0.4 is 10.1 Å². The van der Waals surface area contributed by atoms with Gasteiger partial charge in [-0.2, -0.15) is 4.98 Å². The summed E-state index contributed by atoms with van der Waals surface area (Å²) in [6, 6.07) is 8.39. The minimum atomic E-state index is 0.394. The average Bonchev–Trinajstić information content (AvgIpc) is 2.42. The maximum Gasteiger partial charge on any atom is 0.322 e. The maximum absolute atomic E-state index is 5.69. The maximum atomic E-state index is 5.69. The number of aryl methyl sites for hydroxylation is 2.